The molecule has 4 nitrogen and oxygen atoms in total. The van der Waals surface area contributed by atoms with E-state index in [1.807, 2.05) is 19.2 Å². The van der Waals surface area contributed by atoms with Crippen LogP contribution in [-0.4, -0.2) is 32.7 Å². The fourth-order valence-electron chi connectivity index (χ4n) is 1.79. The van der Waals surface area contributed by atoms with Crippen LogP contribution in [0.15, 0.2) is 24.3 Å². The number of ether oxygens (including phenoxy) is 1. The predicted octanol–water partition coefficient (Wildman–Crippen LogP) is 2.30. The van der Waals surface area contributed by atoms with E-state index in [4.69, 9.17) is 4.74 Å². The van der Waals surface area contributed by atoms with Crippen molar-refractivity contribution in [3.8, 4) is 5.75 Å². The van der Waals surface area contributed by atoms with Crippen LogP contribution >= 0.6 is 0 Å². The van der Waals surface area contributed by atoms with Crippen molar-refractivity contribution in [2.24, 2.45) is 0 Å². The summed E-state index contributed by atoms with van der Waals surface area (Å²) in [6.07, 6.45) is 1.34. The van der Waals surface area contributed by atoms with Crippen LogP contribution in [0.3, 0.4) is 0 Å². The summed E-state index contributed by atoms with van der Waals surface area (Å²) in [6.45, 7) is 6.36. The minimum absolute atomic E-state index is 0.0416. The van der Waals surface area contributed by atoms with Gasteiger partial charge in [0.15, 0.2) is 0 Å². The quantitative estimate of drug-likeness (QED) is 0.682. The van der Waals surface area contributed by atoms with Crippen molar-refractivity contribution in [1.82, 2.24) is 10.6 Å². The number of carbonyl (C=O) groups excluding carboxylic acids is 1. The average Bonchev–Trinajstić information content (AvgIpc) is 2.44. The molecule has 0 bridgehead atoms. The maximum Gasteiger partial charge on any atom is 0.223 e. The molecule has 0 heterocycles. The lowest BCUT2D eigenvalue weighted by Crippen LogP contribution is -2.27. The van der Waals surface area contributed by atoms with Crippen molar-refractivity contribution in [1.29, 1.82) is 0 Å². The molecule has 1 amide bonds. The van der Waals surface area contributed by atoms with Crippen LogP contribution in [0.5, 0.6) is 5.75 Å². The minimum atomic E-state index is 0.0416. The zero-order valence-electron chi connectivity index (χ0n) is 12.7. The van der Waals surface area contributed by atoms with Gasteiger partial charge in [-0.15, -0.1) is 0 Å². The number of carbonyl (C=O) groups is 1. The first-order valence-electron chi connectivity index (χ1n) is 7.27. The third-order valence-electron chi connectivity index (χ3n) is 3.07. The van der Waals surface area contributed by atoms with E-state index in [1.165, 1.54) is 5.56 Å². The second-order valence-corrected chi connectivity index (χ2v) is 5.13. The minimum Gasteiger partial charge on any atom is -0.493 e. The Morgan fingerprint density at radius 3 is 2.50 bits per heavy atom. The largest absolute Gasteiger partial charge is 0.493 e. The maximum atomic E-state index is 11.5. The molecule has 0 fully saturated rings. The predicted molar refractivity (Wildman–Crippen MR) is 82.2 cm³/mol. The maximum absolute atomic E-state index is 11.5. The van der Waals surface area contributed by atoms with Gasteiger partial charge in [0.2, 0.25) is 5.91 Å². The summed E-state index contributed by atoms with van der Waals surface area (Å²) in [5, 5.41) is 5.91. The Hall–Kier alpha value is -1.55. The first-order valence-corrected chi connectivity index (χ1v) is 7.27. The highest BCUT2D eigenvalue weighted by Gasteiger charge is 2.02. The molecular weight excluding hydrogens is 252 g/mol. The highest BCUT2D eigenvalue weighted by Crippen LogP contribution is 2.18. The summed E-state index contributed by atoms with van der Waals surface area (Å²) in [6, 6.07) is 8.05. The van der Waals surface area contributed by atoms with Crippen molar-refractivity contribution in [2.45, 2.75) is 32.6 Å². The van der Waals surface area contributed by atoms with Crippen molar-refractivity contribution < 1.29 is 9.53 Å². The SMILES string of the molecule is CNCCCNC(=O)CCOc1ccc(C(C)C)cc1. The molecular formula is C16H26N2O2. The smallest absolute Gasteiger partial charge is 0.223 e. The van der Waals surface area contributed by atoms with Gasteiger partial charge in [0.1, 0.15) is 5.75 Å². The topological polar surface area (TPSA) is 50.4 Å². The third-order valence-corrected chi connectivity index (χ3v) is 3.07. The third kappa shape index (κ3) is 6.57. The van der Waals surface area contributed by atoms with Crippen LogP contribution < -0.4 is 15.4 Å². The number of benzene rings is 1. The Kier molecular flexibility index (Phi) is 7.73. The Morgan fingerprint density at radius 2 is 1.90 bits per heavy atom. The summed E-state index contributed by atoms with van der Waals surface area (Å²) < 4.78 is 5.57. The average molecular weight is 278 g/mol. The molecule has 0 saturated carbocycles. The lowest BCUT2D eigenvalue weighted by Gasteiger charge is -2.09. The molecule has 0 aliphatic heterocycles. The summed E-state index contributed by atoms with van der Waals surface area (Å²) in [7, 11) is 1.90. The molecule has 20 heavy (non-hydrogen) atoms. The van der Waals surface area contributed by atoms with Gasteiger partial charge in [0, 0.05) is 6.54 Å². The van der Waals surface area contributed by atoms with E-state index in [9.17, 15) is 4.79 Å². The Balaban J connectivity index is 2.18. The summed E-state index contributed by atoms with van der Waals surface area (Å²) in [5.41, 5.74) is 1.29. The van der Waals surface area contributed by atoms with Gasteiger partial charge in [-0.1, -0.05) is 26.0 Å². The molecule has 0 unspecified atom stereocenters. The highest BCUT2D eigenvalue weighted by molar-refractivity contribution is 5.75. The van der Waals surface area contributed by atoms with Crippen molar-refractivity contribution >= 4 is 5.91 Å². The molecule has 1 aromatic carbocycles. The normalized spacial score (nSPS) is 10.6. The van der Waals surface area contributed by atoms with E-state index in [1.54, 1.807) is 0 Å². The van der Waals surface area contributed by atoms with Gasteiger partial charge < -0.3 is 15.4 Å². The van der Waals surface area contributed by atoms with Gasteiger partial charge in [0.05, 0.1) is 13.0 Å². The second-order valence-electron chi connectivity index (χ2n) is 5.13. The molecule has 0 spiro atoms. The molecule has 0 saturated heterocycles. The molecule has 0 aliphatic rings. The standard InChI is InChI=1S/C16H26N2O2/c1-13(2)14-5-7-15(8-6-14)20-12-9-16(19)18-11-4-10-17-3/h5-8,13,17H,4,9-12H2,1-3H3,(H,18,19). The van der Waals surface area contributed by atoms with Crippen LogP contribution in [0.2, 0.25) is 0 Å². The lowest BCUT2D eigenvalue weighted by molar-refractivity contribution is -0.121. The Bertz CT molecular complexity index is 388. The highest BCUT2D eigenvalue weighted by atomic mass is 16.5. The first kappa shape index (κ1) is 16.5. The Morgan fingerprint density at radius 1 is 1.20 bits per heavy atom. The molecule has 0 atom stereocenters. The fraction of sp³-hybridized carbons (Fsp3) is 0.562. The van der Waals surface area contributed by atoms with Gasteiger partial charge in [-0.25, -0.2) is 0 Å². The molecule has 0 aromatic heterocycles. The zero-order valence-corrected chi connectivity index (χ0v) is 12.7. The second kappa shape index (κ2) is 9.37. The van der Waals surface area contributed by atoms with Gasteiger partial charge >= 0.3 is 0 Å². The number of nitrogens with one attached hydrogen (secondary N) is 2. The van der Waals surface area contributed by atoms with Gasteiger partial charge in [-0.3, -0.25) is 4.79 Å². The van der Waals surface area contributed by atoms with Crippen molar-refractivity contribution in [3.63, 3.8) is 0 Å². The van der Waals surface area contributed by atoms with E-state index in [0.717, 1.165) is 18.7 Å². The van der Waals surface area contributed by atoms with E-state index in [2.05, 4.69) is 36.6 Å². The molecule has 112 valence electrons. The molecule has 4 heteroatoms. The summed E-state index contributed by atoms with van der Waals surface area (Å²) >= 11 is 0. The van der Waals surface area contributed by atoms with Gasteiger partial charge in [-0.2, -0.15) is 0 Å². The fourth-order valence-corrected chi connectivity index (χ4v) is 1.79. The molecule has 0 aliphatic carbocycles. The van der Waals surface area contributed by atoms with Gasteiger partial charge in [0.25, 0.3) is 0 Å². The van der Waals surface area contributed by atoms with Crippen molar-refractivity contribution in [2.75, 3.05) is 26.7 Å². The molecule has 2 N–H and O–H groups in total. The molecule has 1 rings (SSSR count). The number of hydrogen-bond donors (Lipinski definition) is 2. The summed E-state index contributed by atoms with van der Waals surface area (Å²) in [5.74, 6) is 1.38. The Labute approximate surface area is 121 Å². The van der Waals surface area contributed by atoms with E-state index >= 15 is 0 Å². The molecule has 1 aromatic rings. The summed E-state index contributed by atoms with van der Waals surface area (Å²) in [4.78, 5) is 11.5. The van der Waals surface area contributed by atoms with Crippen molar-refractivity contribution in [3.05, 3.63) is 29.8 Å². The van der Waals surface area contributed by atoms with E-state index < -0.39 is 0 Å². The van der Waals surface area contributed by atoms with Crippen LogP contribution in [0, 0.1) is 0 Å². The monoisotopic (exact) mass is 278 g/mol. The number of amides is 1. The molecule has 0 radical (unpaired) electrons. The number of hydrogen-bond acceptors (Lipinski definition) is 3. The first-order chi connectivity index (χ1) is 9.63. The van der Waals surface area contributed by atoms with Crippen LogP contribution in [0.25, 0.3) is 0 Å². The lowest BCUT2D eigenvalue weighted by atomic mass is 10.0. The van der Waals surface area contributed by atoms with E-state index in [-0.39, 0.29) is 5.91 Å². The zero-order chi connectivity index (χ0) is 14.8. The van der Waals surface area contributed by atoms with Crippen LogP contribution in [0.4, 0.5) is 0 Å². The van der Waals surface area contributed by atoms with Crippen LogP contribution in [-0.2, 0) is 4.79 Å². The number of rotatable bonds is 9. The van der Waals surface area contributed by atoms with Crippen LogP contribution in [0.1, 0.15) is 38.2 Å². The van der Waals surface area contributed by atoms with Gasteiger partial charge in [-0.05, 0) is 43.6 Å². The van der Waals surface area contributed by atoms with E-state index in [0.29, 0.717) is 25.5 Å².